The molecule has 13 atom stereocenters. The van der Waals surface area contributed by atoms with Crippen LogP contribution >= 0.6 is 0 Å². The first kappa shape index (κ1) is 26.4. The maximum Gasteiger partial charge on any atom is 0.0836 e. The second-order valence-electron chi connectivity index (χ2n) is 14.3. The van der Waals surface area contributed by atoms with Gasteiger partial charge in [0.1, 0.15) is 0 Å². The van der Waals surface area contributed by atoms with Gasteiger partial charge >= 0.3 is 0 Å². The summed E-state index contributed by atoms with van der Waals surface area (Å²) in [4.78, 5) is 0. The van der Waals surface area contributed by atoms with Crippen LogP contribution in [0.3, 0.4) is 0 Å². The minimum Gasteiger partial charge on any atom is -0.390 e. The van der Waals surface area contributed by atoms with Crippen molar-refractivity contribution in [3.8, 4) is 0 Å². The van der Waals surface area contributed by atoms with E-state index in [4.69, 9.17) is 14.2 Å². The molecule has 5 fully saturated rings. The zero-order valence-corrected chi connectivity index (χ0v) is 23.7. The zero-order valence-electron chi connectivity index (χ0n) is 23.7. The van der Waals surface area contributed by atoms with Crippen LogP contribution in [0, 0.1) is 52.3 Å². The summed E-state index contributed by atoms with van der Waals surface area (Å²) >= 11 is 0. The van der Waals surface area contributed by atoms with Crippen LogP contribution in [0.2, 0.25) is 0 Å². The van der Waals surface area contributed by atoms with Gasteiger partial charge in [-0.2, -0.15) is 0 Å². The molecule has 1 saturated heterocycles. The zero-order chi connectivity index (χ0) is 25.2. The number of hydrogen-bond donors (Lipinski definition) is 1. The lowest BCUT2D eigenvalue weighted by Gasteiger charge is -2.62. The van der Waals surface area contributed by atoms with Gasteiger partial charge in [0, 0.05) is 20.3 Å². The molecule has 5 rings (SSSR count). The van der Waals surface area contributed by atoms with Crippen LogP contribution in [-0.2, 0) is 14.2 Å². The summed E-state index contributed by atoms with van der Waals surface area (Å²) in [5.41, 5.74) is 0.687. The Morgan fingerprint density at radius 2 is 1.83 bits per heavy atom. The lowest BCUT2D eigenvalue weighted by molar-refractivity contribution is -0.172. The summed E-state index contributed by atoms with van der Waals surface area (Å²) in [6, 6.07) is 0. The van der Waals surface area contributed by atoms with Gasteiger partial charge in [-0.05, 0) is 124 Å². The second-order valence-corrected chi connectivity index (χ2v) is 14.3. The molecule has 0 aromatic rings. The lowest BCUT2D eigenvalue weighted by atomic mass is 9.44. The second kappa shape index (κ2) is 9.54. The quantitative estimate of drug-likeness (QED) is 0.443. The molecule has 202 valence electrons. The third kappa shape index (κ3) is 4.16. The molecular weight excluding hydrogens is 436 g/mol. The predicted octanol–water partition coefficient (Wildman–Crippen LogP) is 6.49. The minimum absolute atomic E-state index is 0.00751. The van der Waals surface area contributed by atoms with Crippen molar-refractivity contribution in [1.29, 1.82) is 0 Å². The van der Waals surface area contributed by atoms with Gasteiger partial charge in [-0.25, -0.2) is 0 Å². The van der Waals surface area contributed by atoms with Crippen molar-refractivity contribution in [3.63, 3.8) is 0 Å². The smallest absolute Gasteiger partial charge is 0.0836 e. The number of hydrogen-bond acceptors (Lipinski definition) is 4. The molecule has 4 aliphatic carbocycles. The molecule has 35 heavy (non-hydrogen) atoms. The van der Waals surface area contributed by atoms with E-state index in [2.05, 4.69) is 41.5 Å². The Balaban J connectivity index is 1.31. The normalized spacial score (nSPS) is 54.0. The Morgan fingerprint density at radius 3 is 2.54 bits per heavy atom. The standard InChI is InChI=1S/C31H54O4/c1-8-34-26-15-21-9-10-22-23(30(21,5)17-25(26)32)12-13-29(4)24(22)16-27-28(29)20(3)31(6,35-27)14-11-19(2)18-33-7/h19-28,32H,8-18H2,1-7H3/t19?,20?,21?,22?,23?,24?,25?,26?,27?,28?,29?,30?,31-/m1/s1. The van der Waals surface area contributed by atoms with Gasteiger partial charge in [-0.15, -0.1) is 0 Å². The van der Waals surface area contributed by atoms with E-state index in [0.717, 1.165) is 43.6 Å². The molecule has 0 radical (unpaired) electrons. The van der Waals surface area contributed by atoms with E-state index in [1.54, 1.807) is 0 Å². The van der Waals surface area contributed by atoms with Gasteiger partial charge in [0.2, 0.25) is 0 Å². The van der Waals surface area contributed by atoms with Gasteiger partial charge in [0.05, 0.1) is 23.9 Å². The Morgan fingerprint density at radius 1 is 1.06 bits per heavy atom. The molecule has 12 unspecified atom stereocenters. The van der Waals surface area contributed by atoms with Crippen LogP contribution in [0.4, 0.5) is 0 Å². The summed E-state index contributed by atoms with van der Waals surface area (Å²) in [6.07, 6.45) is 11.2. The highest BCUT2D eigenvalue weighted by molar-refractivity contribution is 5.16. The lowest BCUT2D eigenvalue weighted by Crippen LogP contribution is -2.57. The number of fused-ring (bicyclic) bond motifs is 7. The Labute approximate surface area is 215 Å². The Kier molecular flexibility index (Phi) is 7.21. The third-order valence-electron chi connectivity index (χ3n) is 12.6. The molecule has 0 spiro atoms. The maximum absolute atomic E-state index is 11.0. The summed E-state index contributed by atoms with van der Waals surface area (Å²) in [5, 5.41) is 11.0. The van der Waals surface area contributed by atoms with Crippen molar-refractivity contribution in [2.75, 3.05) is 20.3 Å². The van der Waals surface area contributed by atoms with Gasteiger partial charge in [0.25, 0.3) is 0 Å². The Hall–Kier alpha value is -0.160. The summed E-state index contributed by atoms with van der Waals surface area (Å²) < 4.78 is 18.4. The van der Waals surface area contributed by atoms with E-state index in [1.165, 1.54) is 38.5 Å². The molecule has 0 aromatic heterocycles. The third-order valence-corrected chi connectivity index (χ3v) is 12.6. The summed E-state index contributed by atoms with van der Waals surface area (Å²) in [6.45, 7) is 16.0. The average molecular weight is 491 g/mol. The summed E-state index contributed by atoms with van der Waals surface area (Å²) in [5.74, 6) is 4.96. The maximum atomic E-state index is 11.0. The molecule has 0 amide bonds. The van der Waals surface area contributed by atoms with Crippen molar-refractivity contribution in [2.45, 2.75) is 123 Å². The largest absolute Gasteiger partial charge is 0.390 e. The monoisotopic (exact) mass is 490 g/mol. The van der Waals surface area contributed by atoms with E-state index in [1.807, 2.05) is 7.11 Å². The van der Waals surface area contributed by atoms with Crippen molar-refractivity contribution < 1.29 is 19.3 Å². The van der Waals surface area contributed by atoms with Crippen LogP contribution in [-0.4, -0.2) is 49.3 Å². The van der Waals surface area contributed by atoms with Crippen LogP contribution in [0.15, 0.2) is 0 Å². The van der Waals surface area contributed by atoms with Crippen LogP contribution in [0.5, 0.6) is 0 Å². The number of aliphatic hydroxyl groups is 1. The molecule has 0 aromatic carbocycles. The van der Waals surface area contributed by atoms with E-state index in [-0.39, 0.29) is 23.2 Å². The molecule has 4 heteroatoms. The number of ether oxygens (including phenoxy) is 3. The Bertz CT molecular complexity index is 756. The summed E-state index contributed by atoms with van der Waals surface area (Å²) in [7, 11) is 1.81. The SMILES string of the molecule is CCOC1CC2CCC3C(CCC4(C)C3CC3O[C@](C)(CCC(C)COC)C(C)C34)C2(C)CC1O. The fourth-order valence-electron chi connectivity index (χ4n) is 10.7. The first-order valence-corrected chi connectivity index (χ1v) is 15.0. The fourth-order valence-corrected chi connectivity index (χ4v) is 10.7. The van der Waals surface area contributed by atoms with E-state index in [0.29, 0.717) is 41.8 Å². The minimum atomic E-state index is -0.296. The first-order chi connectivity index (χ1) is 16.6. The van der Waals surface area contributed by atoms with Crippen LogP contribution < -0.4 is 0 Å². The fraction of sp³-hybridized carbons (Fsp3) is 1.00. The highest BCUT2D eigenvalue weighted by Gasteiger charge is 2.67. The molecule has 1 heterocycles. The molecule has 4 nitrogen and oxygen atoms in total. The van der Waals surface area contributed by atoms with Crippen LogP contribution in [0.1, 0.15) is 99.3 Å². The van der Waals surface area contributed by atoms with Crippen molar-refractivity contribution >= 4 is 0 Å². The molecule has 5 aliphatic rings. The highest BCUT2D eigenvalue weighted by Crippen LogP contribution is 2.71. The van der Waals surface area contributed by atoms with E-state index >= 15 is 0 Å². The topological polar surface area (TPSA) is 47.9 Å². The average Bonchev–Trinajstić information content (AvgIpc) is 3.23. The highest BCUT2D eigenvalue weighted by atomic mass is 16.5. The molecular formula is C31H54O4. The van der Waals surface area contributed by atoms with Gasteiger partial charge in [0.15, 0.2) is 0 Å². The van der Waals surface area contributed by atoms with Gasteiger partial charge in [-0.1, -0.05) is 27.7 Å². The van der Waals surface area contributed by atoms with Gasteiger partial charge in [-0.3, -0.25) is 0 Å². The van der Waals surface area contributed by atoms with Crippen LogP contribution in [0.25, 0.3) is 0 Å². The molecule has 1 aliphatic heterocycles. The van der Waals surface area contributed by atoms with Crippen molar-refractivity contribution in [1.82, 2.24) is 0 Å². The first-order valence-electron chi connectivity index (χ1n) is 15.0. The van der Waals surface area contributed by atoms with Gasteiger partial charge < -0.3 is 19.3 Å². The number of rotatable bonds is 7. The molecule has 1 N–H and O–H groups in total. The predicted molar refractivity (Wildman–Crippen MR) is 140 cm³/mol. The number of aliphatic hydroxyl groups excluding tert-OH is 1. The van der Waals surface area contributed by atoms with Crippen molar-refractivity contribution in [3.05, 3.63) is 0 Å². The van der Waals surface area contributed by atoms with Crippen molar-refractivity contribution in [2.24, 2.45) is 52.3 Å². The molecule has 0 bridgehead atoms. The molecule has 4 saturated carbocycles. The number of methoxy groups -OCH3 is 1. The van der Waals surface area contributed by atoms with E-state index in [9.17, 15) is 5.11 Å². The van der Waals surface area contributed by atoms with E-state index < -0.39 is 0 Å².